The molecule has 1 heterocycles. The first kappa shape index (κ1) is 31.0. The number of rotatable bonds is 13. The third-order valence-corrected chi connectivity index (χ3v) is 8.82. The van der Waals surface area contributed by atoms with Crippen LogP contribution in [0.4, 0.5) is 0 Å². The molecule has 0 aromatic heterocycles. The minimum Gasteiger partial charge on any atom is -0.608 e. The number of carbonyl (C=O) groups excluding carboxylic acids is 3. The van der Waals surface area contributed by atoms with Crippen LogP contribution in [-0.4, -0.2) is 64.0 Å². The van der Waals surface area contributed by atoms with E-state index in [9.17, 15) is 29.5 Å². The lowest BCUT2D eigenvalue weighted by Gasteiger charge is -2.41. The number of hydroxylamine groups is 1. The maximum atomic E-state index is 13.2. The fraction of sp³-hybridized carbons (Fsp3) is 0.438. The topological polar surface area (TPSA) is 173 Å². The molecule has 12 heteroatoms. The molecule has 12 nitrogen and oxygen atoms in total. The summed E-state index contributed by atoms with van der Waals surface area (Å²) in [4.78, 5) is 47.9. The SMILES string of the molecule is CCC[C@]1(C2CC2N2/C(=C(\O)N[C@H](C=O)CC(=O)O)CCC[NH+]2[O-])CC1NC(=O)c1ccc(OC(=O)c2ccccc2)cc1. The highest BCUT2D eigenvalue weighted by molar-refractivity contribution is 5.95. The normalized spacial score (nSPS) is 27.5. The number of amides is 1. The molecule has 5 rings (SSSR count). The van der Waals surface area contributed by atoms with E-state index in [1.54, 1.807) is 53.5 Å². The fourth-order valence-corrected chi connectivity index (χ4v) is 6.59. The van der Waals surface area contributed by atoms with Crippen LogP contribution in [0, 0.1) is 16.5 Å². The summed E-state index contributed by atoms with van der Waals surface area (Å²) in [5.41, 5.74) is 1.07. The van der Waals surface area contributed by atoms with E-state index in [-0.39, 0.29) is 40.4 Å². The Morgan fingerprint density at radius 3 is 2.52 bits per heavy atom. The lowest BCUT2D eigenvalue weighted by atomic mass is 9.92. The van der Waals surface area contributed by atoms with Crippen molar-refractivity contribution in [2.24, 2.45) is 11.3 Å². The van der Waals surface area contributed by atoms with Gasteiger partial charge in [0.15, 0.2) is 0 Å². The van der Waals surface area contributed by atoms with Crippen molar-refractivity contribution in [2.45, 2.75) is 70.0 Å². The molecule has 1 saturated heterocycles. The number of nitrogens with one attached hydrogen (secondary N) is 3. The molecule has 3 aliphatic rings. The Bertz CT molecular complexity index is 1420. The first-order valence-electron chi connectivity index (χ1n) is 15.0. The molecule has 2 aliphatic carbocycles. The predicted octanol–water partition coefficient (Wildman–Crippen LogP) is 2.34. The van der Waals surface area contributed by atoms with E-state index in [0.717, 1.165) is 25.7 Å². The van der Waals surface area contributed by atoms with Crippen molar-refractivity contribution in [3.63, 3.8) is 0 Å². The lowest BCUT2D eigenvalue weighted by molar-refractivity contribution is -0.972. The van der Waals surface area contributed by atoms with E-state index >= 15 is 0 Å². The second-order valence-electron chi connectivity index (χ2n) is 11.8. The first-order valence-corrected chi connectivity index (χ1v) is 15.0. The largest absolute Gasteiger partial charge is 0.608 e. The van der Waals surface area contributed by atoms with E-state index in [4.69, 9.17) is 9.84 Å². The Balaban J connectivity index is 1.23. The van der Waals surface area contributed by atoms with E-state index in [1.165, 1.54) is 0 Å². The quantitative estimate of drug-likeness (QED) is 0.0749. The highest BCUT2D eigenvalue weighted by atomic mass is 16.6. The van der Waals surface area contributed by atoms with Crippen LogP contribution in [0.2, 0.25) is 0 Å². The van der Waals surface area contributed by atoms with Crippen molar-refractivity contribution in [1.82, 2.24) is 15.6 Å². The molecular formula is C32H38N4O8. The van der Waals surface area contributed by atoms with Crippen LogP contribution in [0.15, 0.2) is 66.2 Å². The lowest BCUT2D eigenvalue weighted by Crippen LogP contribution is -3.15. The minimum atomic E-state index is -1.18. The van der Waals surface area contributed by atoms with Gasteiger partial charge in [-0.15, -0.1) is 0 Å². The Labute approximate surface area is 255 Å². The Morgan fingerprint density at radius 1 is 1.14 bits per heavy atom. The number of nitrogens with zero attached hydrogens (tertiary/aromatic N) is 1. The zero-order valence-electron chi connectivity index (χ0n) is 24.5. The van der Waals surface area contributed by atoms with Gasteiger partial charge in [0.25, 0.3) is 5.91 Å². The van der Waals surface area contributed by atoms with E-state index in [0.29, 0.717) is 48.2 Å². The van der Waals surface area contributed by atoms with Crippen LogP contribution in [0.5, 0.6) is 5.75 Å². The standard InChI is InChI=1S/C32H38N4O8/c1-2-14-32(24-17-26(24)36-25(9-6-15-35(36)43)30(41)33-22(19-37)16-28(38)39)18-27(32)34-29(40)20-10-12-23(13-11-20)44-31(42)21-7-4-3-5-8-21/h3-5,7-8,10-13,19,22,24,26-27,33,35,41H,2,6,9,14-18H2,1H3,(H,34,40)(H,38,39)/b30-25-/t22-,24?,26?,27?,32+/m0/s1. The highest BCUT2D eigenvalue weighted by Crippen LogP contribution is 2.65. The number of esters is 1. The number of carboxylic acid groups (broad SMARTS) is 1. The summed E-state index contributed by atoms with van der Waals surface area (Å²) >= 11 is 0. The zero-order valence-corrected chi connectivity index (χ0v) is 24.5. The van der Waals surface area contributed by atoms with Crippen molar-refractivity contribution in [1.29, 1.82) is 0 Å². The van der Waals surface area contributed by atoms with Crippen LogP contribution >= 0.6 is 0 Å². The first-order chi connectivity index (χ1) is 21.2. The molecule has 234 valence electrons. The summed E-state index contributed by atoms with van der Waals surface area (Å²) in [6.45, 7) is 2.42. The molecule has 0 spiro atoms. The van der Waals surface area contributed by atoms with Gasteiger partial charge in [-0.05, 0) is 67.0 Å². The molecule has 5 N–H and O–H groups in total. The van der Waals surface area contributed by atoms with Crippen LogP contribution in [0.25, 0.3) is 0 Å². The van der Waals surface area contributed by atoms with Gasteiger partial charge in [0.2, 0.25) is 5.88 Å². The van der Waals surface area contributed by atoms with Gasteiger partial charge in [-0.2, -0.15) is 0 Å². The number of allylic oxidation sites excluding steroid dienone is 1. The van der Waals surface area contributed by atoms with Crippen LogP contribution in [-0.2, 0) is 9.59 Å². The van der Waals surface area contributed by atoms with Crippen LogP contribution in [0.1, 0.15) is 72.6 Å². The summed E-state index contributed by atoms with van der Waals surface area (Å²) in [7, 11) is 0. The molecule has 1 amide bonds. The van der Waals surface area contributed by atoms with Gasteiger partial charge in [-0.1, -0.05) is 31.5 Å². The maximum Gasteiger partial charge on any atom is 0.343 e. The van der Waals surface area contributed by atoms with Gasteiger partial charge in [-0.25, -0.2) is 9.80 Å². The summed E-state index contributed by atoms with van der Waals surface area (Å²) in [5.74, 6) is -1.79. The molecule has 2 saturated carbocycles. The Hall–Kier alpha value is -4.42. The van der Waals surface area contributed by atoms with Gasteiger partial charge in [0.05, 0.1) is 30.6 Å². The summed E-state index contributed by atoms with van der Waals surface area (Å²) in [5, 5.41) is 40.2. The summed E-state index contributed by atoms with van der Waals surface area (Å²) in [6, 6.07) is 13.7. The third kappa shape index (κ3) is 6.71. The number of aliphatic carboxylic acids is 1. The van der Waals surface area contributed by atoms with E-state index in [1.807, 2.05) is 6.07 Å². The molecule has 1 aliphatic heterocycles. The molecule has 3 fully saturated rings. The molecule has 2 aromatic rings. The van der Waals surface area contributed by atoms with Gasteiger partial charge >= 0.3 is 11.9 Å². The van der Waals surface area contributed by atoms with Crippen molar-refractivity contribution in [3.8, 4) is 5.75 Å². The summed E-state index contributed by atoms with van der Waals surface area (Å²) in [6.07, 6.45) is 4.16. The number of hydrogen-bond acceptors (Lipinski definition) is 9. The highest BCUT2D eigenvalue weighted by Gasteiger charge is 2.68. The number of hydrogen-bond donors (Lipinski definition) is 5. The zero-order chi connectivity index (χ0) is 31.4. The number of aliphatic hydroxyl groups excluding tert-OH is 1. The third-order valence-electron chi connectivity index (χ3n) is 8.82. The molecule has 2 aromatic carbocycles. The van der Waals surface area contributed by atoms with Crippen LogP contribution in [0.3, 0.4) is 0 Å². The van der Waals surface area contributed by atoms with Crippen molar-refractivity contribution < 1.29 is 39.3 Å². The molecule has 44 heavy (non-hydrogen) atoms. The van der Waals surface area contributed by atoms with Gasteiger partial charge < -0.3 is 35.6 Å². The molecule has 4 unspecified atom stereocenters. The number of quaternary nitrogens is 1. The van der Waals surface area contributed by atoms with Gasteiger partial charge in [0.1, 0.15) is 17.7 Å². The second-order valence-corrected chi connectivity index (χ2v) is 11.8. The number of ether oxygens (including phenoxy) is 1. The number of aldehydes is 1. The van der Waals surface area contributed by atoms with E-state index in [2.05, 4.69) is 17.6 Å². The Kier molecular flexibility index (Phi) is 9.21. The van der Waals surface area contributed by atoms with Gasteiger partial charge in [0, 0.05) is 24.4 Å². The molecule has 0 bridgehead atoms. The molecule has 6 atom stereocenters. The van der Waals surface area contributed by atoms with Crippen molar-refractivity contribution in [3.05, 3.63) is 82.5 Å². The predicted molar refractivity (Wildman–Crippen MR) is 158 cm³/mol. The molecule has 0 radical (unpaired) electrons. The van der Waals surface area contributed by atoms with E-state index < -0.39 is 24.4 Å². The summed E-state index contributed by atoms with van der Waals surface area (Å²) < 4.78 is 5.41. The van der Waals surface area contributed by atoms with Crippen molar-refractivity contribution >= 4 is 24.1 Å². The smallest absolute Gasteiger partial charge is 0.343 e. The minimum absolute atomic E-state index is 0.0745. The molecular weight excluding hydrogens is 568 g/mol. The maximum absolute atomic E-state index is 13.2. The number of benzene rings is 2. The fourth-order valence-electron chi connectivity index (χ4n) is 6.59. The Morgan fingerprint density at radius 2 is 1.86 bits per heavy atom. The number of aliphatic hydroxyl groups is 1. The number of carbonyl (C=O) groups is 4. The van der Waals surface area contributed by atoms with Crippen molar-refractivity contribution in [2.75, 3.05) is 6.54 Å². The monoisotopic (exact) mass is 606 g/mol. The average Bonchev–Trinajstić information content (AvgIpc) is 3.93. The number of carboxylic acids is 1. The van der Waals surface area contributed by atoms with Gasteiger partial charge in [-0.3, -0.25) is 14.8 Å². The van der Waals surface area contributed by atoms with Crippen LogP contribution < -0.4 is 20.5 Å². The average molecular weight is 607 g/mol. The second kappa shape index (κ2) is 13.1.